The number of hydrogen-bond acceptors (Lipinski definition) is 7. The Labute approximate surface area is 212 Å². The molecule has 1 aliphatic rings. The summed E-state index contributed by atoms with van der Waals surface area (Å²) in [5.74, 6) is 1.59. The van der Waals surface area contributed by atoms with Crippen molar-refractivity contribution in [2.75, 3.05) is 30.9 Å². The molecule has 1 aromatic carbocycles. The first-order valence-corrected chi connectivity index (χ1v) is 12.3. The molecule has 1 aliphatic heterocycles. The van der Waals surface area contributed by atoms with Crippen LogP contribution in [0.3, 0.4) is 0 Å². The van der Waals surface area contributed by atoms with E-state index in [1.807, 2.05) is 30.3 Å². The second-order valence-corrected chi connectivity index (χ2v) is 9.98. The molecule has 3 heterocycles. The third-order valence-corrected chi connectivity index (χ3v) is 6.17. The van der Waals surface area contributed by atoms with E-state index in [1.54, 1.807) is 31.6 Å². The summed E-state index contributed by atoms with van der Waals surface area (Å²) in [4.78, 5) is 21.7. The van der Waals surface area contributed by atoms with Crippen LogP contribution in [0.2, 0.25) is 0 Å². The molecule has 1 amide bonds. The van der Waals surface area contributed by atoms with Gasteiger partial charge in [0.15, 0.2) is 0 Å². The maximum absolute atomic E-state index is 13.2. The molecule has 36 heavy (non-hydrogen) atoms. The number of carbonyl (C=O) groups is 1. The average Bonchev–Trinajstić information content (AvgIpc) is 3.40. The lowest BCUT2D eigenvalue weighted by molar-refractivity contribution is 0.102. The van der Waals surface area contributed by atoms with E-state index >= 15 is 0 Å². The van der Waals surface area contributed by atoms with Crippen molar-refractivity contribution >= 4 is 17.4 Å². The van der Waals surface area contributed by atoms with Crippen LogP contribution in [-0.4, -0.2) is 42.2 Å². The number of amides is 1. The summed E-state index contributed by atoms with van der Waals surface area (Å²) in [7, 11) is 1.58. The third-order valence-electron chi connectivity index (χ3n) is 6.17. The summed E-state index contributed by atoms with van der Waals surface area (Å²) in [6.07, 6.45) is 5.63. The highest BCUT2D eigenvalue weighted by Crippen LogP contribution is 2.34. The topological polar surface area (TPSA) is 97.4 Å². The van der Waals surface area contributed by atoms with Gasteiger partial charge in [0.1, 0.15) is 18.2 Å². The van der Waals surface area contributed by atoms with Crippen molar-refractivity contribution in [3.8, 4) is 11.6 Å². The molecular formula is C28H35N5O3. The summed E-state index contributed by atoms with van der Waals surface area (Å²) >= 11 is 0. The van der Waals surface area contributed by atoms with Crippen LogP contribution in [0.15, 0.2) is 54.9 Å². The van der Waals surface area contributed by atoms with E-state index in [2.05, 4.69) is 46.7 Å². The molecule has 3 aromatic rings. The third kappa shape index (κ3) is 6.51. The van der Waals surface area contributed by atoms with Crippen LogP contribution < -0.4 is 25.4 Å². The van der Waals surface area contributed by atoms with E-state index in [0.29, 0.717) is 42.1 Å². The average molecular weight is 490 g/mol. The van der Waals surface area contributed by atoms with Crippen molar-refractivity contribution in [3.05, 3.63) is 71.5 Å². The fourth-order valence-electron chi connectivity index (χ4n) is 4.21. The Kier molecular flexibility index (Phi) is 8.05. The molecule has 2 aromatic heterocycles. The van der Waals surface area contributed by atoms with Gasteiger partial charge in [0.2, 0.25) is 5.88 Å². The van der Waals surface area contributed by atoms with Gasteiger partial charge in [-0.1, -0.05) is 26.8 Å². The predicted octanol–water partition coefficient (Wildman–Crippen LogP) is 4.78. The quantitative estimate of drug-likeness (QED) is 0.398. The Bertz CT molecular complexity index is 1190. The van der Waals surface area contributed by atoms with E-state index in [-0.39, 0.29) is 11.3 Å². The number of anilines is 2. The Hall–Kier alpha value is -3.65. The van der Waals surface area contributed by atoms with E-state index in [9.17, 15) is 4.79 Å². The number of ether oxygens (including phenoxy) is 2. The molecule has 0 unspecified atom stereocenters. The molecule has 1 saturated heterocycles. The number of nitrogens with one attached hydrogen (secondary N) is 3. The van der Waals surface area contributed by atoms with Gasteiger partial charge in [0, 0.05) is 42.8 Å². The van der Waals surface area contributed by atoms with Gasteiger partial charge in [-0.15, -0.1) is 0 Å². The highest BCUT2D eigenvalue weighted by molar-refractivity contribution is 6.07. The molecule has 8 heteroatoms. The second kappa shape index (κ2) is 11.4. The van der Waals surface area contributed by atoms with Gasteiger partial charge < -0.3 is 25.4 Å². The second-order valence-electron chi connectivity index (χ2n) is 9.98. The molecule has 0 saturated carbocycles. The molecule has 4 rings (SSSR count). The summed E-state index contributed by atoms with van der Waals surface area (Å²) in [6, 6.07) is 13.5. The Morgan fingerprint density at radius 3 is 2.75 bits per heavy atom. The van der Waals surface area contributed by atoms with Gasteiger partial charge in [-0.3, -0.25) is 4.79 Å². The Morgan fingerprint density at radius 2 is 2.00 bits per heavy atom. The van der Waals surface area contributed by atoms with Crippen LogP contribution in [0.1, 0.15) is 55.1 Å². The van der Waals surface area contributed by atoms with Crippen LogP contribution in [0.4, 0.5) is 11.5 Å². The SMILES string of the molecule is COc1cc(CNc2ncccc2C(=O)Nc2ccc(C(C)(C)C)c(OC[C@@H]3CCCN3)c2)ccn1. The predicted molar refractivity (Wildman–Crippen MR) is 142 cm³/mol. The zero-order valence-corrected chi connectivity index (χ0v) is 21.4. The minimum Gasteiger partial charge on any atom is -0.492 e. The number of aromatic nitrogens is 2. The van der Waals surface area contributed by atoms with Crippen LogP contribution in [0.25, 0.3) is 0 Å². The number of hydrogen-bond donors (Lipinski definition) is 3. The summed E-state index contributed by atoms with van der Waals surface area (Å²) in [5, 5.41) is 9.74. The van der Waals surface area contributed by atoms with Crippen LogP contribution in [-0.2, 0) is 12.0 Å². The highest BCUT2D eigenvalue weighted by Gasteiger charge is 2.22. The van der Waals surface area contributed by atoms with Crippen LogP contribution in [0, 0.1) is 0 Å². The van der Waals surface area contributed by atoms with Gasteiger partial charge >= 0.3 is 0 Å². The van der Waals surface area contributed by atoms with E-state index in [1.165, 1.54) is 6.42 Å². The number of pyridine rings is 2. The molecule has 1 fully saturated rings. The lowest BCUT2D eigenvalue weighted by atomic mass is 9.86. The molecule has 8 nitrogen and oxygen atoms in total. The van der Waals surface area contributed by atoms with Crippen molar-refractivity contribution in [3.63, 3.8) is 0 Å². The number of carbonyl (C=O) groups excluding carboxylic acids is 1. The standard InChI is InChI=1S/C28H35N5O3/c1-28(2,3)23-10-9-20(16-24(23)36-18-21-7-5-12-29-21)33-27(34)22-8-6-13-31-26(22)32-17-19-11-14-30-25(15-19)35-4/h6,8-11,13-16,21,29H,5,7,12,17-18H2,1-4H3,(H,31,32)(H,33,34)/t21-/m0/s1. The summed E-state index contributed by atoms with van der Waals surface area (Å²) < 4.78 is 11.4. The Morgan fingerprint density at radius 1 is 1.14 bits per heavy atom. The largest absolute Gasteiger partial charge is 0.492 e. The lowest BCUT2D eigenvalue weighted by Crippen LogP contribution is -2.28. The first-order valence-electron chi connectivity index (χ1n) is 12.3. The molecule has 3 N–H and O–H groups in total. The fourth-order valence-corrected chi connectivity index (χ4v) is 4.21. The normalized spacial score (nSPS) is 15.4. The van der Waals surface area contributed by atoms with E-state index < -0.39 is 0 Å². The monoisotopic (exact) mass is 489 g/mol. The van der Waals surface area contributed by atoms with E-state index in [0.717, 1.165) is 29.8 Å². The minimum absolute atomic E-state index is 0.0863. The van der Waals surface area contributed by atoms with Crippen LogP contribution in [0.5, 0.6) is 11.6 Å². The van der Waals surface area contributed by atoms with E-state index in [4.69, 9.17) is 9.47 Å². The smallest absolute Gasteiger partial charge is 0.259 e. The molecule has 0 bridgehead atoms. The highest BCUT2D eigenvalue weighted by atomic mass is 16.5. The van der Waals surface area contributed by atoms with Gasteiger partial charge in [0.25, 0.3) is 5.91 Å². The number of nitrogens with zero attached hydrogens (tertiary/aromatic N) is 2. The first-order chi connectivity index (χ1) is 17.3. The van der Waals surface area contributed by atoms with Crippen molar-refractivity contribution in [1.82, 2.24) is 15.3 Å². The van der Waals surface area contributed by atoms with Gasteiger partial charge in [-0.25, -0.2) is 9.97 Å². The lowest BCUT2D eigenvalue weighted by Gasteiger charge is -2.24. The molecule has 0 spiro atoms. The Balaban J connectivity index is 1.49. The molecular weight excluding hydrogens is 454 g/mol. The van der Waals surface area contributed by atoms with Crippen molar-refractivity contribution in [1.29, 1.82) is 0 Å². The molecule has 0 aliphatic carbocycles. The zero-order valence-electron chi connectivity index (χ0n) is 21.4. The summed E-state index contributed by atoms with van der Waals surface area (Å²) in [6.45, 7) is 8.60. The zero-order chi connectivity index (χ0) is 25.5. The maximum atomic E-state index is 13.2. The summed E-state index contributed by atoms with van der Waals surface area (Å²) in [5.41, 5.74) is 3.12. The van der Waals surface area contributed by atoms with Gasteiger partial charge in [-0.2, -0.15) is 0 Å². The molecule has 190 valence electrons. The van der Waals surface area contributed by atoms with Crippen molar-refractivity contribution < 1.29 is 14.3 Å². The first kappa shape index (κ1) is 25.4. The number of methoxy groups -OCH3 is 1. The molecule has 0 radical (unpaired) electrons. The van der Waals surface area contributed by atoms with Gasteiger partial charge in [0.05, 0.1) is 12.7 Å². The minimum atomic E-state index is -0.246. The molecule has 1 atom stereocenters. The fraction of sp³-hybridized carbons (Fsp3) is 0.393. The van der Waals surface area contributed by atoms with Crippen LogP contribution >= 0.6 is 0 Å². The maximum Gasteiger partial charge on any atom is 0.259 e. The van der Waals surface area contributed by atoms with Gasteiger partial charge in [-0.05, 0) is 60.2 Å². The number of rotatable bonds is 9. The van der Waals surface area contributed by atoms with Crippen molar-refractivity contribution in [2.45, 2.75) is 51.6 Å². The number of benzene rings is 1. The van der Waals surface area contributed by atoms with Crippen molar-refractivity contribution in [2.24, 2.45) is 0 Å².